The van der Waals surface area contributed by atoms with E-state index >= 15 is 0 Å². The van der Waals surface area contributed by atoms with Gasteiger partial charge in [-0.15, -0.1) is 0 Å². The molecule has 0 atom stereocenters. The van der Waals surface area contributed by atoms with Crippen LogP contribution in [0.1, 0.15) is 94.9 Å². The van der Waals surface area contributed by atoms with Crippen LogP contribution in [0.5, 0.6) is 0 Å². The van der Waals surface area contributed by atoms with Crippen LogP contribution in [0, 0.1) is 23.7 Å². The van der Waals surface area contributed by atoms with Crippen LogP contribution in [0.25, 0.3) is 33.4 Å². The van der Waals surface area contributed by atoms with Gasteiger partial charge in [0, 0.05) is 22.5 Å². The topological polar surface area (TPSA) is 3.24 Å². The summed E-state index contributed by atoms with van der Waals surface area (Å²) >= 11 is 0. The number of rotatable bonds is 5. The van der Waals surface area contributed by atoms with Crippen molar-refractivity contribution in [1.82, 2.24) is 0 Å². The Morgan fingerprint density at radius 1 is 0.400 bits per heavy atom. The maximum atomic E-state index is 2.64. The Balaban J connectivity index is 1.07. The van der Waals surface area contributed by atoms with E-state index in [1.807, 2.05) is 0 Å². The highest BCUT2D eigenvalue weighted by Gasteiger charge is 2.61. The first-order valence-corrected chi connectivity index (χ1v) is 21.1. The lowest BCUT2D eigenvalue weighted by atomic mass is 9.43. The molecule has 6 aliphatic rings. The van der Waals surface area contributed by atoms with Gasteiger partial charge < -0.3 is 4.90 Å². The first-order valence-electron chi connectivity index (χ1n) is 21.1. The second kappa shape index (κ2) is 12.1. The lowest BCUT2D eigenvalue weighted by molar-refractivity contribution is -0.0399. The third-order valence-corrected chi connectivity index (χ3v) is 15.3. The van der Waals surface area contributed by atoms with Crippen LogP contribution in [-0.2, 0) is 16.2 Å². The monoisotopic (exact) mass is 715 g/mol. The highest BCUT2D eigenvalue weighted by atomic mass is 15.1. The predicted molar refractivity (Wildman–Crippen MR) is 231 cm³/mol. The largest absolute Gasteiger partial charge is 0.310 e. The van der Waals surface area contributed by atoms with Crippen LogP contribution in [-0.4, -0.2) is 0 Å². The summed E-state index contributed by atoms with van der Waals surface area (Å²) in [5.41, 5.74) is 18.4. The molecule has 1 nitrogen and oxygen atoms in total. The summed E-state index contributed by atoms with van der Waals surface area (Å²) in [6.07, 6.45) is 9.50. The quantitative estimate of drug-likeness (QED) is 0.172. The average molecular weight is 716 g/mol. The van der Waals surface area contributed by atoms with Crippen LogP contribution in [0.4, 0.5) is 17.1 Å². The predicted octanol–water partition coefficient (Wildman–Crippen LogP) is 14.6. The third-order valence-electron chi connectivity index (χ3n) is 15.3. The van der Waals surface area contributed by atoms with E-state index in [2.05, 4.69) is 172 Å². The van der Waals surface area contributed by atoms with Crippen molar-refractivity contribution in [3.05, 3.63) is 162 Å². The summed E-state index contributed by atoms with van der Waals surface area (Å²) in [7, 11) is 0. The van der Waals surface area contributed by atoms with Gasteiger partial charge in [-0.2, -0.15) is 0 Å². The Hall–Kier alpha value is -4.88. The number of anilines is 3. The van der Waals surface area contributed by atoms with Gasteiger partial charge in [-0.3, -0.25) is 0 Å². The fourth-order valence-electron chi connectivity index (χ4n) is 12.8. The van der Waals surface area contributed by atoms with Crippen LogP contribution >= 0.6 is 0 Å². The van der Waals surface area contributed by atoms with Crippen molar-refractivity contribution in [3.63, 3.8) is 0 Å². The fraction of sp³-hybridized carbons (Fsp3) is 0.333. The third kappa shape index (κ3) is 5.04. The Bertz CT molecular complexity index is 2420. The lowest BCUT2D eigenvalue weighted by Gasteiger charge is -2.61. The van der Waals surface area contributed by atoms with Crippen LogP contribution in [0.15, 0.2) is 140 Å². The standard InChI is InChI=1S/C54H53N/c1-52(2)25-26-53(3,4)51-33-40(19-24-49(51)52)39-13-10-14-44(32-39)55(43-20-17-38(18-21-43)37-11-6-5-7-12-37)45-22-23-47-46-15-8-9-16-48(46)54(50(47)34-45)41-28-35-27-36(30-41)31-42(54)29-35/h5-24,32-36,41-42H,25-31H2,1-4H3. The summed E-state index contributed by atoms with van der Waals surface area (Å²) < 4.78 is 0. The Morgan fingerprint density at radius 2 is 0.964 bits per heavy atom. The van der Waals surface area contributed by atoms with Gasteiger partial charge in [0.15, 0.2) is 0 Å². The normalized spacial score (nSPS) is 26.0. The first-order chi connectivity index (χ1) is 26.7. The Kier molecular flexibility index (Phi) is 7.34. The molecule has 274 valence electrons. The number of fused-ring (bicyclic) bond motifs is 4. The maximum Gasteiger partial charge on any atom is 0.0467 e. The van der Waals surface area contributed by atoms with Gasteiger partial charge in [0.1, 0.15) is 0 Å². The van der Waals surface area contributed by atoms with Crippen LogP contribution in [0.3, 0.4) is 0 Å². The summed E-state index contributed by atoms with van der Waals surface area (Å²) in [4.78, 5) is 2.54. The number of hydrogen-bond acceptors (Lipinski definition) is 1. The molecule has 0 unspecified atom stereocenters. The second-order valence-corrected chi connectivity index (χ2v) is 19.3. The molecule has 4 bridgehead atoms. The molecular formula is C54H53N. The van der Waals surface area contributed by atoms with Crippen molar-refractivity contribution in [1.29, 1.82) is 0 Å². The molecule has 4 saturated carbocycles. The van der Waals surface area contributed by atoms with Gasteiger partial charge in [0.2, 0.25) is 0 Å². The minimum absolute atomic E-state index is 0.129. The molecule has 4 fully saturated rings. The average Bonchev–Trinajstić information content (AvgIpc) is 3.49. The van der Waals surface area contributed by atoms with E-state index in [1.165, 1.54) is 107 Å². The molecule has 6 aromatic rings. The van der Waals surface area contributed by atoms with E-state index < -0.39 is 0 Å². The molecule has 0 heterocycles. The van der Waals surface area contributed by atoms with E-state index in [0.29, 0.717) is 0 Å². The van der Waals surface area contributed by atoms with E-state index in [9.17, 15) is 0 Å². The minimum atomic E-state index is 0.129. The van der Waals surface area contributed by atoms with E-state index in [1.54, 1.807) is 11.1 Å². The summed E-state index contributed by atoms with van der Waals surface area (Å²) in [5, 5.41) is 0. The molecule has 12 rings (SSSR count). The smallest absolute Gasteiger partial charge is 0.0467 e. The van der Waals surface area contributed by atoms with Crippen molar-refractivity contribution >= 4 is 17.1 Å². The van der Waals surface area contributed by atoms with Crippen molar-refractivity contribution < 1.29 is 0 Å². The second-order valence-electron chi connectivity index (χ2n) is 19.3. The molecule has 6 aliphatic carbocycles. The van der Waals surface area contributed by atoms with E-state index in [-0.39, 0.29) is 16.2 Å². The molecule has 1 spiro atoms. The van der Waals surface area contributed by atoms with Gasteiger partial charge >= 0.3 is 0 Å². The van der Waals surface area contributed by atoms with Crippen molar-refractivity contribution in [2.24, 2.45) is 23.7 Å². The molecule has 0 aromatic heterocycles. The van der Waals surface area contributed by atoms with Crippen molar-refractivity contribution in [3.8, 4) is 33.4 Å². The molecule has 1 heteroatoms. The Morgan fingerprint density at radius 3 is 1.71 bits per heavy atom. The highest BCUT2D eigenvalue weighted by Crippen LogP contribution is 2.69. The molecule has 6 aromatic carbocycles. The Labute approximate surface area is 328 Å². The van der Waals surface area contributed by atoms with Crippen LogP contribution < -0.4 is 4.90 Å². The minimum Gasteiger partial charge on any atom is -0.310 e. The lowest BCUT2D eigenvalue weighted by Crippen LogP contribution is -2.55. The van der Waals surface area contributed by atoms with Gasteiger partial charge in [0.25, 0.3) is 0 Å². The van der Waals surface area contributed by atoms with Gasteiger partial charge in [-0.25, -0.2) is 0 Å². The molecule has 0 N–H and O–H groups in total. The molecule has 55 heavy (non-hydrogen) atoms. The number of benzene rings is 6. The van der Waals surface area contributed by atoms with Crippen molar-refractivity contribution in [2.75, 3.05) is 4.90 Å². The number of hydrogen-bond donors (Lipinski definition) is 0. The van der Waals surface area contributed by atoms with Crippen molar-refractivity contribution in [2.45, 2.75) is 88.9 Å². The zero-order valence-electron chi connectivity index (χ0n) is 33.0. The van der Waals surface area contributed by atoms with Gasteiger partial charge in [-0.1, -0.05) is 131 Å². The van der Waals surface area contributed by atoms with E-state index in [0.717, 1.165) is 23.7 Å². The molecule has 0 aliphatic heterocycles. The zero-order chi connectivity index (χ0) is 37.1. The van der Waals surface area contributed by atoms with Gasteiger partial charge in [-0.05, 0) is 171 Å². The number of nitrogens with zero attached hydrogens (tertiary/aromatic N) is 1. The van der Waals surface area contributed by atoms with Crippen LogP contribution in [0.2, 0.25) is 0 Å². The maximum absolute atomic E-state index is 2.64. The molecule has 0 saturated heterocycles. The molecule has 0 amide bonds. The SMILES string of the molecule is CC1(C)CCC(C)(C)c2cc(-c3cccc(N(c4ccc(-c5ccccc5)cc4)c4ccc5c(c4)C4(c6ccccc6-5)C5CC6CC(C5)CC4C6)c3)ccc21. The summed E-state index contributed by atoms with van der Waals surface area (Å²) in [5.74, 6) is 3.33. The fourth-order valence-corrected chi connectivity index (χ4v) is 12.8. The zero-order valence-corrected chi connectivity index (χ0v) is 33.0. The summed E-state index contributed by atoms with van der Waals surface area (Å²) in [6.45, 7) is 9.71. The molecular weight excluding hydrogens is 663 g/mol. The first kappa shape index (κ1) is 33.5. The molecule has 0 radical (unpaired) electrons. The van der Waals surface area contributed by atoms with Gasteiger partial charge in [0.05, 0.1) is 0 Å². The summed E-state index contributed by atoms with van der Waals surface area (Å²) in [6, 6.07) is 53.7. The van der Waals surface area contributed by atoms with E-state index in [4.69, 9.17) is 0 Å². The highest BCUT2D eigenvalue weighted by molar-refractivity contribution is 5.87.